The Morgan fingerprint density at radius 1 is 1.38 bits per heavy atom. The number of benzene rings is 1. The highest BCUT2D eigenvalue weighted by Crippen LogP contribution is 2.21. The Labute approximate surface area is 99.2 Å². The van der Waals surface area contributed by atoms with Gasteiger partial charge in [0.25, 0.3) is 0 Å². The van der Waals surface area contributed by atoms with Crippen molar-refractivity contribution in [3.63, 3.8) is 0 Å². The van der Waals surface area contributed by atoms with Crippen molar-refractivity contribution in [2.75, 3.05) is 5.32 Å². The minimum absolute atomic E-state index is 0.192. The molecule has 1 aliphatic rings. The molecule has 4 N–H and O–H groups in total. The molecule has 1 fully saturated rings. The molecule has 0 saturated heterocycles. The van der Waals surface area contributed by atoms with Gasteiger partial charge in [0.15, 0.2) is 0 Å². The Hall–Kier alpha value is -1.26. The number of rotatable bonds is 2. The highest BCUT2D eigenvalue weighted by Gasteiger charge is 2.27. The molecule has 4 nitrogen and oxygen atoms in total. The monoisotopic (exact) mass is 239 g/mol. The molecule has 0 aromatic heterocycles. The average Bonchev–Trinajstić information content (AvgIpc) is 2.19. The van der Waals surface area contributed by atoms with Crippen molar-refractivity contribution in [1.29, 1.82) is 0 Å². The van der Waals surface area contributed by atoms with Gasteiger partial charge < -0.3 is 16.4 Å². The van der Waals surface area contributed by atoms with Crippen LogP contribution in [-0.2, 0) is 0 Å². The molecule has 1 aliphatic carbocycles. The summed E-state index contributed by atoms with van der Waals surface area (Å²) < 4.78 is 0. The topological polar surface area (TPSA) is 67.1 Å². The maximum Gasteiger partial charge on any atom is 0.319 e. The van der Waals surface area contributed by atoms with Gasteiger partial charge in [0, 0.05) is 12.1 Å². The fourth-order valence-electron chi connectivity index (χ4n) is 1.69. The molecule has 16 heavy (non-hydrogen) atoms. The lowest BCUT2D eigenvalue weighted by Gasteiger charge is -2.32. The van der Waals surface area contributed by atoms with Crippen molar-refractivity contribution in [3.8, 4) is 0 Å². The molecule has 1 aromatic rings. The Bertz CT molecular complexity index is 391. The molecule has 0 heterocycles. The first-order valence-corrected chi connectivity index (χ1v) is 5.60. The molecule has 86 valence electrons. The van der Waals surface area contributed by atoms with E-state index in [0.29, 0.717) is 10.7 Å². The Morgan fingerprint density at radius 2 is 2.06 bits per heavy atom. The predicted molar refractivity (Wildman–Crippen MR) is 64.6 cm³/mol. The maximum atomic E-state index is 11.6. The second-order valence-electron chi connectivity index (χ2n) is 4.01. The van der Waals surface area contributed by atoms with Crippen molar-refractivity contribution in [1.82, 2.24) is 5.32 Å². The summed E-state index contributed by atoms with van der Waals surface area (Å²) >= 11 is 5.91. The Balaban J connectivity index is 1.85. The quantitative estimate of drug-likeness (QED) is 0.739. The molecular formula is C11H14ClN3O. The number of carbonyl (C=O) groups excluding carboxylic acids is 1. The van der Waals surface area contributed by atoms with Crippen LogP contribution < -0.4 is 16.4 Å². The first-order valence-electron chi connectivity index (χ1n) is 5.23. The van der Waals surface area contributed by atoms with Gasteiger partial charge in [0.2, 0.25) is 0 Å². The molecule has 0 radical (unpaired) electrons. The fraction of sp³-hybridized carbons (Fsp3) is 0.364. The third-order valence-corrected chi connectivity index (χ3v) is 2.96. The molecule has 1 aromatic carbocycles. The van der Waals surface area contributed by atoms with E-state index in [1.54, 1.807) is 12.1 Å². The van der Waals surface area contributed by atoms with Crippen molar-refractivity contribution in [3.05, 3.63) is 29.3 Å². The lowest BCUT2D eigenvalue weighted by Crippen LogP contribution is -2.51. The van der Waals surface area contributed by atoms with Gasteiger partial charge in [0.1, 0.15) is 0 Å². The molecule has 5 heteroatoms. The number of nitrogens with one attached hydrogen (secondary N) is 2. The summed E-state index contributed by atoms with van der Waals surface area (Å²) in [5.41, 5.74) is 6.24. The van der Waals surface area contributed by atoms with Crippen molar-refractivity contribution in [2.45, 2.75) is 24.9 Å². The number of hydrogen-bond acceptors (Lipinski definition) is 2. The number of anilines is 1. The highest BCUT2D eigenvalue weighted by atomic mass is 35.5. The van der Waals surface area contributed by atoms with Gasteiger partial charge in [-0.2, -0.15) is 0 Å². The number of urea groups is 1. The maximum absolute atomic E-state index is 11.6. The minimum atomic E-state index is -0.231. The summed E-state index contributed by atoms with van der Waals surface area (Å²) in [6.07, 6.45) is 1.69. The van der Waals surface area contributed by atoms with Gasteiger partial charge in [-0.25, -0.2) is 4.79 Å². The van der Waals surface area contributed by atoms with Crippen LogP contribution >= 0.6 is 11.6 Å². The van der Waals surface area contributed by atoms with Gasteiger partial charge in [-0.05, 0) is 25.0 Å². The number of nitrogens with two attached hydrogens (primary N) is 1. The Morgan fingerprint density at radius 3 is 2.69 bits per heavy atom. The zero-order valence-corrected chi connectivity index (χ0v) is 9.50. The fourth-order valence-corrected chi connectivity index (χ4v) is 1.87. The molecule has 0 aliphatic heterocycles. The van der Waals surface area contributed by atoms with Crippen molar-refractivity contribution in [2.24, 2.45) is 5.73 Å². The van der Waals surface area contributed by atoms with Crippen LogP contribution in [0, 0.1) is 0 Å². The summed E-state index contributed by atoms with van der Waals surface area (Å²) in [6.45, 7) is 0. The SMILES string of the molecule is NC1CC(NC(=O)Nc2ccccc2Cl)C1. The summed E-state index contributed by atoms with van der Waals surface area (Å²) in [6, 6.07) is 7.32. The third kappa shape index (κ3) is 2.65. The van der Waals surface area contributed by atoms with Gasteiger partial charge in [-0.3, -0.25) is 0 Å². The summed E-state index contributed by atoms with van der Waals surface area (Å²) in [5, 5.41) is 6.07. The van der Waals surface area contributed by atoms with E-state index in [-0.39, 0.29) is 18.1 Å². The van der Waals surface area contributed by atoms with E-state index in [0.717, 1.165) is 12.8 Å². The second-order valence-corrected chi connectivity index (χ2v) is 4.41. The van der Waals surface area contributed by atoms with Gasteiger partial charge >= 0.3 is 6.03 Å². The molecule has 1 saturated carbocycles. The predicted octanol–water partition coefficient (Wildman–Crippen LogP) is 1.95. The first-order chi connectivity index (χ1) is 7.65. The molecule has 0 spiro atoms. The largest absolute Gasteiger partial charge is 0.335 e. The van der Waals surface area contributed by atoms with E-state index in [2.05, 4.69) is 10.6 Å². The number of carbonyl (C=O) groups is 1. The van der Waals surface area contributed by atoms with Crippen LogP contribution in [0.4, 0.5) is 10.5 Å². The number of amides is 2. The molecule has 0 bridgehead atoms. The number of halogens is 1. The van der Waals surface area contributed by atoms with Gasteiger partial charge in [-0.1, -0.05) is 23.7 Å². The van der Waals surface area contributed by atoms with Crippen LogP contribution in [0.3, 0.4) is 0 Å². The van der Waals surface area contributed by atoms with E-state index in [1.165, 1.54) is 0 Å². The van der Waals surface area contributed by atoms with Crippen LogP contribution in [-0.4, -0.2) is 18.1 Å². The summed E-state index contributed by atoms with van der Waals surface area (Å²) in [5.74, 6) is 0. The van der Waals surface area contributed by atoms with Crippen LogP contribution in [0.25, 0.3) is 0 Å². The van der Waals surface area contributed by atoms with E-state index in [1.807, 2.05) is 12.1 Å². The summed E-state index contributed by atoms with van der Waals surface area (Å²) in [4.78, 5) is 11.6. The van der Waals surface area contributed by atoms with E-state index in [4.69, 9.17) is 17.3 Å². The highest BCUT2D eigenvalue weighted by molar-refractivity contribution is 6.33. The molecule has 0 atom stereocenters. The van der Waals surface area contributed by atoms with Crippen LogP contribution in [0.2, 0.25) is 5.02 Å². The average molecular weight is 240 g/mol. The van der Waals surface area contributed by atoms with Crippen LogP contribution in [0.15, 0.2) is 24.3 Å². The normalized spacial score (nSPS) is 23.4. The first kappa shape index (κ1) is 11.2. The lowest BCUT2D eigenvalue weighted by atomic mass is 9.88. The van der Waals surface area contributed by atoms with Crippen molar-refractivity contribution >= 4 is 23.3 Å². The number of para-hydroxylation sites is 1. The lowest BCUT2D eigenvalue weighted by molar-refractivity contribution is 0.234. The minimum Gasteiger partial charge on any atom is -0.335 e. The molecule has 2 amide bonds. The van der Waals surface area contributed by atoms with E-state index in [9.17, 15) is 4.79 Å². The van der Waals surface area contributed by atoms with Crippen LogP contribution in [0.1, 0.15) is 12.8 Å². The molecular weight excluding hydrogens is 226 g/mol. The van der Waals surface area contributed by atoms with E-state index >= 15 is 0 Å². The zero-order chi connectivity index (χ0) is 11.5. The van der Waals surface area contributed by atoms with Crippen molar-refractivity contribution < 1.29 is 4.79 Å². The molecule has 2 rings (SSSR count). The second kappa shape index (κ2) is 4.72. The smallest absolute Gasteiger partial charge is 0.319 e. The zero-order valence-electron chi connectivity index (χ0n) is 8.74. The third-order valence-electron chi connectivity index (χ3n) is 2.63. The number of hydrogen-bond donors (Lipinski definition) is 3. The van der Waals surface area contributed by atoms with Crippen LogP contribution in [0.5, 0.6) is 0 Å². The van der Waals surface area contributed by atoms with Gasteiger partial charge in [-0.15, -0.1) is 0 Å². The Kier molecular flexibility index (Phi) is 3.31. The molecule has 0 unspecified atom stereocenters. The van der Waals surface area contributed by atoms with Gasteiger partial charge in [0.05, 0.1) is 10.7 Å². The van der Waals surface area contributed by atoms with E-state index < -0.39 is 0 Å². The standard InChI is InChI=1S/C11H14ClN3O/c12-9-3-1-2-4-10(9)15-11(16)14-8-5-7(13)6-8/h1-4,7-8H,5-6,13H2,(H2,14,15,16). The summed E-state index contributed by atoms with van der Waals surface area (Å²) in [7, 11) is 0.